The number of benzene rings is 2. The zero-order valence-electron chi connectivity index (χ0n) is 25.5. The van der Waals surface area contributed by atoms with Crippen LogP contribution in [0.15, 0.2) is 48.5 Å². The largest absolute Gasteiger partial charge is 0.377 e. The van der Waals surface area contributed by atoms with E-state index >= 15 is 0 Å². The Morgan fingerprint density at radius 2 is 1.55 bits per heavy atom. The molecule has 0 saturated carbocycles. The van der Waals surface area contributed by atoms with Crippen molar-refractivity contribution in [3.8, 4) is 11.4 Å². The fraction of sp³-hybridized carbons (Fsp3) is 0.500. The molecule has 4 aliphatic rings. The summed E-state index contributed by atoms with van der Waals surface area (Å²) in [5.41, 5.74) is 3.54. The fourth-order valence-electron chi connectivity index (χ4n) is 6.36. The van der Waals surface area contributed by atoms with Crippen LogP contribution < -0.4 is 20.4 Å². The molecule has 4 aliphatic heterocycles. The number of carbonyl (C=O) groups excluding carboxylic acids is 1. The Balaban J connectivity index is 1.01. The summed E-state index contributed by atoms with van der Waals surface area (Å²) < 4.78 is 11.5. The molecule has 12 nitrogen and oxygen atoms in total. The zero-order chi connectivity index (χ0) is 30.0. The van der Waals surface area contributed by atoms with Crippen molar-refractivity contribution in [1.29, 1.82) is 0 Å². The summed E-state index contributed by atoms with van der Waals surface area (Å²) in [6.07, 6.45) is 1.25. The molecule has 7 rings (SSSR count). The van der Waals surface area contributed by atoms with Crippen LogP contribution in [0.2, 0.25) is 0 Å². The number of morpholine rings is 2. The van der Waals surface area contributed by atoms with E-state index < -0.39 is 0 Å². The SMILES string of the molecule is CC1COCCN1c1nc(-c2ccc(NC(=O)Nc3ccc(CN4CCN(C)CC4)cc3)cc2)nc(N2CC3CC2CO3)n1. The van der Waals surface area contributed by atoms with Crippen LogP contribution in [0.3, 0.4) is 0 Å². The number of urea groups is 1. The number of piperazine rings is 1. The van der Waals surface area contributed by atoms with Crippen molar-refractivity contribution in [2.75, 3.05) is 86.6 Å². The highest BCUT2D eigenvalue weighted by molar-refractivity contribution is 5.99. The van der Waals surface area contributed by atoms with Crippen LogP contribution in [-0.4, -0.2) is 115 Å². The van der Waals surface area contributed by atoms with Crippen LogP contribution in [0.4, 0.5) is 28.1 Å². The molecule has 0 radical (unpaired) electrons. The van der Waals surface area contributed by atoms with Crippen molar-refractivity contribution in [3.63, 3.8) is 0 Å². The summed E-state index contributed by atoms with van der Waals surface area (Å²) in [4.78, 5) is 36.8. The zero-order valence-corrected chi connectivity index (χ0v) is 25.5. The van der Waals surface area contributed by atoms with Crippen molar-refractivity contribution >= 4 is 29.3 Å². The van der Waals surface area contributed by atoms with Crippen molar-refractivity contribution in [2.45, 2.75) is 38.1 Å². The van der Waals surface area contributed by atoms with E-state index in [0.717, 1.165) is 63.5 Å². The Bertz CT molecular complexity index is 1430. The number of nitrogens with one attached hydrogen (secondary N) is 2. The second-order valence-corrected chi connectivity index (χ2v) is 12.3. The number of rotatable bonds is 7. The van der Waals surface area contributed by atoms with E-state index in [0.29, 0.717) is 49.3 Å². The maximum Gasteiger partial charge on any atom is 0.323 e. The first-order valence-electron chi connectivity index (χ1n) is 15.6. The molecule has 2 N–H and O–H groups in total. The van der Waals surface area contributed by atoms with Gasteiger partial charge in [0, 0.05) is 62.8 Å². The molecule has 4 fully saturated rings. The number of nitrogens with zero attached hydrogens (tertiary/aromatic N) is 7. The molecule has 2 bridgehead atoms. The minimum absolute atomic E-state index is 0.170. The molecular weight excluding hydrogens is 558 g/mol. The van der Waals surface area contributed by atoms with E-state index in [1.54, 1.807) is 0 Å². The van der Waals surface area contributed by atoms with E-state index in [1.165, 1.54) is 5.56 Å². The predicted molar refractivity (Wildman–Crippen MR) is 170 cm³/mol. The maximum absolute atomic E-state index is 12.8. The number of carbonyl (C=O) groups is 1. The summed E-state index contributed by atoms with van der Waals surface area (Å²) in [7, 11) is 2.17. The normalized spacial score (nSPS) is 24.1. The molecule has 0 aliphatic carbocycles. The van der Waals surface area contributed by atoms with Crippen molar-refractivity contribution in [3.05, 3.63) is 54.1 Å². The van der Waals surface area contributed by atoms with E-state index in [2.05, 4.69) is 56.3 Å². The monoisotopic (exact) mass is 599 g/mol. The van der Waals surface area contributed by atoms with Gasteiger partial charge in [0.05, 0.1) is 38.0 Å². The molecule has 5 heterocycles. The molecule has 1 aromatic heterocycles. The smallest absolute Gasteiger partial charge is 0.323 e. The van der Waals surface area contributed by atoms with Gasteiger partial charge in [-0.3, -0.25) is 4.90 Å². The van der Waals surface area contributed by atoms with Crippen LogP contribution in [0.1, 0.15) is 18.9 Å². The first-order valence-corrected chi connectivity index (χ1v) is 15.6. The standard InChI is InChI=1S/C32H41N9O3/c1-22-20-43-16-15-40(22)30-35-29(36-31(37-30)41-19-28-17-27(41)21-44-28)24-5-9-26(10-6-24)34-32(42)33-25-7-3-23(4-8-25)18-39-13-11-38(2)12-14-39/h3-10,22,27-28H,11-21H2,1-2H3,(H2,33,34,42). The van der Waals surface area contributed by atoms with E-state index in [4.69, 9.17) is 24.4 Å². The lowest BCUT2D eigenvalue weighted by atomic mass is 10.2. The Labute approximate surface area is 258 Å². The van der Waals surface area contributed by atoms with Crippen LogP contribution in [0, 0.1) is 0 Å². The molecule has 2 aromatic carbocycles. The van der Waals surface area contributed by atoms with Gasteiger partial charge in [-0.25, -0.2) is 4.79 Å². The Hall–Kier alpha value is -3.84. The van der Waals surface area contributed by atoms with E-state index in [1.807, 2.05) is 36.4 Å². The van der Waals surface area contributed by atoms with Crippen LogP contribution in [0.5, 0.6) is 0 Å². The highest BCUT2D eigenvalue weighted by atomic mass is 16.5. The van der Waals surface area contributed by atoms with Gasteiger partial charge in [-0.15, -0.1) is 0 Å². The van der Waals surface area contributed by atoms with Gasteiger partial charge in [-0.2, -0.15) is 15.0 Å². The molecule has 2 amide bonds. The van der Waals surface area contributed by atoms with Gasteiger partial charge in [-0.1, -0.05) is 12.1 Å². The third kappa shape index (κ3) is 6.48. The number of aromatic nitrogens is 3. The second-order valence-electron chi connectivity index (χ2n) is 12.3. The highest BCUT2D eigenvalue weighted by Gasteiger charge is 2.41. The maximum atomic E-state index is 12.8. The topological polar surface area (TPSA) is 111 Å². The summed E-state index contributed by atoms with van der Waals surface area (Å²) >= 11 is 0. The summed E-state index contributed by atoms with van der Waals surface area (Å²) in [5.74, 6) is 1.97. The lowest BCUT2D eigenvalue weighted by Gasteiger charge is -2.34. The molecule has 232 valence electrons. The number of fused-ring (bicyclic) bond motifs is 2. The molecule has 3 aromatic rings. The number of hydrogen-bond acceptors (Lipinski definition) is 10. The minimum atomic E-state index is -0.290. The van der Waals surface area contributed by atoms with Gasteiger partial charge < -0.3 is 34.8 Å². The first-order chi connectivity index (χ1) is 21.5. The highest BCUT2D eigenvalue weighted by Crippen LogP contribution is 2.33. The number of ether oxygens (including phenoxy) is 2. The average Bonchev–Trinajstić information content (AvgIpc) is 3.68. The second kappa shape index (κ2) is 12.6. The number of hydrogen-bond donors (Lipinski definition) is 2. The summed E-state index contributed by atoms with van der Waals surface area (Å²) in [6.45, 7) is 10.9. The summed E-state index contributed by atoms with van der Waals surface area (Å²) in [6, 6.07) is 15.9. The molecule has 0 spiro atoms. The quantitative estimate of drug-likeness (QED) is 0.420. The minimum Gasteiger partial charge on any atom is -0.377 e. The first kappa shape index (κ1) is 28.9. The number of likely N-dealkylation sites (N-methyl/N-ethyl adjacent to an activating group) is 1. The molecule has 3 atom stereocenters. The summed E-state index contributed by atoms with van der Waals surface area (Å²) in [5, 5.41) is 5.87. The molecular formula is C32H41N9O3. The van der Waals surface area contributed by atoms with Crippen molar-refractivity contribution in [1.82, 2.24) is 24.8 Å². The van der Waals surface area contributed by atoms with Gasteiger partial charge in [0.1, 0.15) is 0 Å². The predicted octanol–water partition coefficient (Wildman–Crippen LogP) is 3.13. The molecule has 4 saturated heterocycles. The Kier molecular flexibility index (Phi) is 8.30. The van der Waals surface area contributed by atoms with Gasteiger partial charge >= 0.3 is 6.03 Å². The van der Waals surface area contributed by atoms with Gasteiger partial charge in [0.2, 0.25) is 11.9 Å². The van der Waals surface area contributed by atoms with Crippen LogP contribution in [0.25, 0.3) is 11.4 Å². The van der Waals surface area contributed by atoms with Crippen molar-refractivity contribution in [2.24, 2.45) is 0 Å². The molecule has 44 heavy (non-hydrogen) atoms. The third-order valence-electron chi connectivity index (χ3n) is 9.01. The Morgan fingerprint density at radius 3 is 2.18 bits per heavy atom. The average molecular weight is 600 g/mol. The number of amides is 2. The van der Waals surface area contributed by atoms with Gasteiger partial charge in [0.15, 0.2) is 5.82 Å². The van der Waals surface area contributed by atoms with Gasteiger partial charge in [0.25, 0.3) is 0 Å². The number of anilines is 4. The third-order valence-corrected chi connectivity index (χ3v) is 9.01. The van der Waals surface area contributed by atoms with Crippen LogP contribution in [-0.2, 0) is 16.0 Å². The van der Waals surface area contributed by atoms with Crippen LogP contribution >= 0.6 is 0 Å². The van der Waals surface area contributed by atoms with Crippen molar-refractivity contribution < 1.29 is 14.3 Å². The van der Waals surface area contributed by atoms with E-state index in [-0.39, 0.29) is 18.2 Å². The lowest BCUT2D eigenvalue weighted by Crippen LogP contribution is -2.45. The fourth-order valence-corrected chi connectivity index (χ4v) is 6.36. The van der Waals surface area contributed by atoms with E-state index in [9.17, 15) is 4.79 Å². The molecule has 12 heteroatoms. The lowest BCUT2D eigenvalue weighted by molar-refractivity contribution is 0.0974. The van der Waals surface area contributed by atoms with Gasteiger partial charge in [-0.05, 0) is 62.4 Å². The molecule has 3 unspecified atom stereocenters. The Morgan fingerprint density at radius 1 is 0.864 bits per heavy atom.